The molecule has 1 nitrogen and oxygen atoms in total. The molecule has 0 aromatic rings. The molecule has 96 valence electrons. The van der Waals surface area contributed by atoms with Crippen LogP contribution in [0.3, 0.4) is 0 Å². The lowest BCUT2D eigenvalue weighted by Gasteiger charge is -2.30. The van der Waals surface area contributed by atoms with E-state index >= 15 is 0 Å². The van der Waals surface area contributed by atoms with Gasteiger partial charge in [0, 0.05) is 16.3 Å². The monoisotopic (exact) mass is 241 g/mol. The smallest absolute Gasteiger partial charge is 0.0329 e. The Morgan fingerprint density at radius 1 is 1.06 bits per heavy atom. The average molecular weight is 241 g/mol. The molecule has 0 N–H and O–H groups in total. The molecule has 0 spiro atoms. The maximum atomic E-state index is 2.67. The van der Waals surface area contributed by atoms with Crippen molar-refractivity contribution in [1.29, 1.82) is 0 Å². The SMILES string of the molecule is CCCCN(CCCC)C(C)C(C)=C(C)[SiH3]. The Morgan fingerprint density at radius 2 is 1.50 bits per heavy atom. The van der Waals surface area contributed by atoms with Crippen molar-refractivity contribution in [2.75, 3.05) is 13.1 Å². The number of rotatable bonds is 8. The van der Waals surface area contributed by atoms with Crippen LogP contribution in [0.5, 0.6) is 0 Å². The van der Waals surface area contributed by atoms with Gasteiger partial charge in [-0.25, -0.2) is 0 Å². The first kappa shape index (κ1) is 15.9. The van der Waals surface area contributed by atoms with Crippen molar-refractivity contribution in [2.24, 2.45) is 0 Å². The first-order chi connectivity index (χ1) is 7.54. The highest BCUT2D eigenvalue weighted by atomic mass is 28.1. The third-order valence-electron chi connectivity index (χ3n) is 3.56. The molecule has 0 fully saturated rings. The lowest BCUT2D eigenvalue weighted by molar-refractivity contribution is 0.225. The van der Waals surface area contributed by atoms with Gasteiger partial charge in [0.05, 0.1) is 0 Å². The van der Waals surface area contributed by atoms with E-state index in [0.29, 0.717) is 6.04 Å². The minimum Gasteiger partial charge on any atom is -0.297 e. The fraction of sp³-hybridized carbons (Fsp3) is 0.857. The van der Waals surface area contributed by atoms with Crippen LogP contribution in [-0.4, -0.2) is 34.3 Å². The zero-order valence-corrected chi connectivity index (χ0v) is 14.3. The second kappa shape index (κ2) is 9.00. The van der Waals surface area contributed by atoms with E-state index in [4.69, 9.17) is 0 Å². The van der Waals surface area contributed by atoms with Gasteiger partial charge < -0.3 is 0 Å². The Kier molecular flexibility index (Phi) is 8.95. The summed E-state index contributed by atoms with van der Waals surface area (Å²) >= 11 is 0. The van der Waals surface area contributed by atoms with E-state index in [1.165, 1.54) is 49.0 Å². The van der Waals surface area contributed by atoms with Crippen LogP contribution in [0, 0.1) is 0 Å². The van der Waals surface area contributed by atoms with Gasteiger partial charge in [-0.2, -0.15) is 0 Å². The fourth-order valence-electron chi connectivity index (χ4n) is 1.91. The minimum absolute atomic E-state index is 0.649. The number of hydrogen-bond donors (Lipinski definition) is 0. The first-order valence-electron chi connectivity index (χ1n) is 6.92. The van der Waals surface area contributed by atoms with Crippen LogP contribution in [0.15, 0.2) is 10.8 Å². The van der Waals surface area contributed by atoms with Gasteiger partial charge in [-0.15, -0.1) is 0 Å². The normalized spacial score (nSPS) is 15.4. The summed E-state index contributed by atoms with van der Waals surface area (Å²) in [6, 6.07) is 0.649. The lowest BCUT2D eigenvalue weighted by atomic mass is 10.1. The molecule has 0 amide bonds. The quantitative estimate of drug-likeness (QED) is 0.591. The lowest BCUT2D eigenvalue weighted by Crippen LogP contribution is -2.36. The molecule has 0 aromatic carbocycles. The van der Waals surface area contributed by atoms with Crippen LogP contribution in [0.4, 0.5) is 0 Å². The molecule has 1 atom stereocenters. The summed E-state index contributed by atoms with van der Waals surface area (Å²) in [4.78, 5) is 2.67. The predicted octanol–water partition coefficient (Wildman–Crippen LogP) is 2.94. The van der Waals surface area contributed by atoms with Gasteiger partial charge >= 0.3 is 0 Å². The zero-order chi connectivity index (χ0) is 12.6. The van der Waals surface area contributed by atoms with E-state index in [2.05, 4.69) is 39.5 Å². The van der Waals surface area contributed by atoms with E-state index in [9.17, 15) is 0 Å². The summed E-state index contributed by atoms with van der Waals surface area (Å²) in [6.45, 7) is 14.1. The van der Waals surface area contributed by atoms with Crippen LogP contribution in [0.25, 0.3) is 0 Å². The maximum Gasteiger partial charge on any atom is 0.0329 e. The molecule has 0 aliphatic carbocycles. The average Bonchev–Trinajstić information content (AvgIpc) is 2.27. The molecule has 2 heteroatoms. The number of nitrogens with zero attached hydrogens (tertiary/aromatic N) is 1. The third kappa shape index (κ3) is 5.85. The summed E-state index contributed by atoms with van der Waals surface area (Å²) in [5.41, 5.74) is 1.61. The Hall–Kier alpha value is -0.0831. The molecule has 0 radical (unpaired) electrons. The molecule has 0 aliphatic heterocycles. The highest BCUT2D eigenvalue weighted by Gasteiger charge is 2.14. The van der Waals surface area contributed by atoms with Gasteiger partial charge in [0.15, 0.2) is 0 Å². The van der Waals surface area contributed by atoms with Crippen molar-refractivity contribution >= 4 is 10.2 Å². The molecule has 0 aromatic heterocycles. The molecule has 0 saturated carbocycles. The maximum absolute atomic E-state index is 2.67. The summed E-state index contributed by atoms with van der Waals surface area (Å²) in [6.07, 6.45) is 5.28. The molecule has 0 heterocycles. The van der Waals surface area contributed by atoms with Crippen molar-refractivity contribution in [1.82, 2.24) is 4.90 Å². The molecule has 0 bridgehead atoms. The molecular weight excluding hydrogens is 210 g/mol. The van der Waals surface area contributed by atoms with Crippen molar-refractivity contribution < 1.29 is 0 Å². The largest absolute Gasteiger partial charge is 0.297 e. The number of unbranched alkanes of at least 4 members (excludes halogenated alkanes) is 2. The Bertz CT molecular complexity index is 199. The second-order valence-corrected chi connectivity index (χ2v) is 6.60. The molecule has 16 heavy (non-hydrogen) atoms. The van der Waals surface area contributed by atoms with Crippen molar-refractivity contribution in [2.45, 2.75) is 66.3 Å². The van der Waals surface area contributed by atoms with Gasteiger partial charge in [0.25, 0.3) is 0 Å². The van der Waals surface area contributed by atoms with E-state index in [1.807, 2.05) is 0 Å². The van der Waals surface area contributed by atoms with E-state index in [-0.39, 0.29) is 0 Å². The molecular formula is C14H31NSi. The van der Waals surface area contributed by atoms with Crippen LogP contribution in [0.1, 0.15) is 60.3 Å². The van der Waals surface area contributed by atoms with E-state index < -0.39 is 0 Å². The van der Waals surface area contributed by atoms with Gasteiger partial charge in [0.2, 0.25) is 0 Å². The second-order valence-electron chi connectivity index (χ2n) is 5.10. The first-order valence-corrected chi connectivity index (χ1v) is 7.92. The standard InChI is InChI=1S/C14H31NSi/c1-6-8-10-15(11-9-7-2)13(4)12(3)14(5)16/h13H,6-11H2,1-5,16H3. The Labute approximate surface area is 106 Å². The Balaban J connectivity index is 4.41. The highest BCUT2D eigenvalue weighted by molar-refractivity contribution is 6.21. The van der Waals surface area contributed by atoms with Crippen LogP contribution < -0.4 is 0 Å². The molecule has 0 rings (SSSR count). The number of allylic oxidation sites excluding steroid dienone is 1. The zero-order valence-electron chi connectivity index (χ0n) is 12.3. The van der Waals surface area contributed by atoms with E-state index in [0.717, 1.165) is 0 Å². The summed E-state index contributed by atoms with van der Waals surface area (Å²) < 4.78 is 0. The van der Waals surface area contributed by atoms with E-state index in [1.54, 1.807) is 10.8 Å². The summed E-state index contributed by atoms with van der Waals surface area (Å²) in [5, 5.41) is 1.62. The summed E-state index contributed by atoms with van der Waals surface area (Å²) in [7, 11) is 1.21. The van der Waals surface area contributed by atoms with Gasteiger partial charge in [0.1, 0.15) is 0 Å². The summed E-state index contributed by atoms with van der Waals surface area (Å²) in [5.74, 6) is 0. The number of hydrogen-bond acceptors (Lipinski definition) is 1. The van der Waals surface area contributed by atoms with Gasteiger partial charge in [-0.1, -0.05) is 37.5 Å². The molecule has 0 saturated heterocycles. The van der Waals surface area contributed by atoms with Gasteiger partial charge in [-0.05, 0) is 46.7 Å². The molecule has 0 aliphatic rings. The van der Waals surface area contributed by atoms with Crippen LogP contribution in [0.2, 0.25) is 0 Å². The predicted molar refractivity (Wildman–Crippen MR) is 79.2 cm³/mol. The van der Waals surface area contributed by atoms with Crippen molar-refractivity contribution in [3.8, 4) is 0 Å². The Morgan fingerprint density at radius 3 is 1.81 bits per heavy atom. The fourth-order valence-corrected chi connectivity index (χ4v) is 2.33. The van der Waals surface area contributed by atoms with Crippen LogP contribution >= 0.6 is 0 Å². The van der Waals surface area contributed by atoms with Gasteiger partial charge in [-0.3, -0.25) is 4.90 Å². The molecule has 1 unspecified atom stereocenters. The van der Waals surface area contributed by atoms with Crippen molar-refractivity contribution in [3.63, 3.8) is 0 Å². The van der Waals surface area contributed by atoms with Crippen molar-refractivity contribution in [3.05, 3.63) is 10.8 Å². The third-order valence-corrected chi connectivity index (χ3v) is 4.35. The topological polar surface area (TPSA) is 3.24 Å². The van der Waals surface area contributed by atoms with Crippen LogP contribution in [-0.2, 0) is 0 Å². The highest BCUT2D eigenvalue weighted by Crippen LogP contribution is 2.14. The minimum atomic E-state index is 0.649.